The molecule has 0 aliphatic rings. The normalized spacial score (nSPS) is 15.3. The van der Waals surface area contributed by atoms with Crippen LogP contribution in [0.4, 0.5) is 0 Å². The number of nitrogens with zero attached hydrogens (tertiary/aromatic N) is 1. The van der Waals surface area contributed by atoms with E-state index in [9.17, 15) is 9.59 Å². The molecule has 1 unspecified atom stereocenters. The molecule has 0 aliphatic heterocycles. The van der Waals surface area contributed by atoms with Crippen LogP contribution in [-0.2, 0) is 18.9 Å². The van der Waals surface area contributed by atoms with Gasteiger partial charge in [-0.3, -0.25) is 9.63 Å². The van der Waals surface area contributed by atoms with E-state index in [1.54, 1.807) is 7.05 Å². The average Bonchev–Trinajstić information content (AvgIpc) is 2.41. The predicted octanol–water partition coefficient (Wildman–Crippen LogP) is 3.40. The number of hydrogen-bond acceptors (Lipinski definition) is 4. The molecule has 0 N–H and O–H groups in total. The van der Waals surface area contributed by atoms with Crippen LogP contribution >= 0.6 is 0 Å². The Kier molecular flexibility index (Phi) is 8.50. The van der Waals surface area contributed by atoms with E-state index in [2.05, 4.69) is 33.9 Å². The maximum absolute atomic E-state index is 12.1. The van der Waals surface area contributed by atoms with Gasteiger partial charge >= 0.3 is 0 Å². The van der Waals surface area contributed by atoms with Crippen LogP contribution in [0.15, 0.2) is 0 Å². The van der Waals surface area contributed by atoms with Crippen LogP contribution < -0.4 is 0 Å². The second-order valence-corrected chi connectivity index (χ2v) is 12.2. The fourth-order valence-electron chi connectivity index (χ4n) is 1.97. The molecule has 0 bridgehead atoms. The molecule has 0 fully saturated rings. The van der Waals surface area contributed by atoms with Gasteiger partial charge in [0, 0.05) is 25.5 Å². The number of carbonyl (C=O) groups excluding carboxylic acids is 2. The maximum Gasteiger partial charge on any atom is 0.248 e. The highest BCUT2D eigenvalue weighted by Crippen LogP contribution is 2.38. The van der Waals surface area contributed by atoms with Crippen LogP contribution in [0, 0.1) is 5.92 Å². The second kappa shape index (κ2) is 8.79. The zero-order valence-electron chi connectivity index (χ0n) is 15.4. The first-order valence-corrected chi connectivity index (χ1v) is 10.8. The van der Waals surface area contributed by atoms with Crippen molar-refractivity contribution in [3.8, 4) is 0 Å². The lowest BCUT2D eigenvalue weighted by molar-refractivity contribution is -0.173. The van der Waals surface area contributed by atoms with E-state index in [1.165, 1.54) is 12.2 Å². The fourth-order valence-corrected chi connectivity index (χ4v) is 3.37. The Morgan fingerprint density at radius 2 is 1.86 bits per heavy atom. The molecule has 0 spiro atoms. The van der Waals surface area contributed by atoms with E-state index in [4.69, 9.17) is 9.26 Å². The molecule has 0 rings (SSSR count). The van der Waals surface area contributed by atoms with E-state index in [-0.39, 0.29) is 23.0 Å². The van der Waals surface area contributed by atoms with Crippen molar-refractivity contribution in [3.63, 3.8) is 0 Å². The first-order chi connectivity index (χ1) is 9.96. The molecule has 0 aliphatic carbocycles. The first kappa shape index (κ1) is 21.3. The Hall–Kier alpha value is -0.723. The summed E-state index contributed by atoms with van der Waals surface area (Å²) in [5.74, 6) is -0.274. The summed E-state index contributed by atoms with van der Waals surface area (Å²) in [6.07, 6.45) is 2.56. The lowest BCUT2D eigenvalue weighted by Crippen LogP contribution is -2.45. The summed E-state index contributed by atoms with van der Waals surface area (Å²) in [6.45, 7) is 12.8. The zero-order valence-corrected chi connectivity index (χ0v) is 16.4. The fraction of sp³-hybridized carbons (Fsp3) is 0.875. The zero-order chi connectivity index (χ0) is 17.6. The third kappa shape index (κ3) is 6.58. The van der Waals surface area contributed by atoms with Crippen molar-refractivity contribution < 1.29 is 18.9 Å². The maximum atomic E-state index is 12.1. The van der Waals surface area contributed by atoms with Crippen molar-refractivity contribution in [3.05, 3.63) is 0 Å². The summed E-state index contributed by atoms with van der Waals surface area (Å²) in [7, 11) is 1.15. The minimum Gasteiger partial charge on any atom is -0.414 e. The van der Waals surface area contributed by atoms with Crippen molar-refractivity contribution in [2.24, 2.45) is 5.92 Å². The van der Waals surface area contributed by atoms with E-state index in [0.717, 1.165) is 6.29 Å². The van der Waals surface area contributed by atoms with Gasteiger partial charge in [-0.05, 0) is 31.0 Å². The van der Waals surface area contributed by atoms with Gasteiger partial charge in [0.15, 0.2) is 8.32 Å². The molecule has 0 saturated carbocycles. The largest absolute Gasteiger partial charge is 0.414 e. The number of rotatable bonds is 9. The summed E-state index contributed by atoms with van der Waals surface area (Å²) in [4.78, 5) is 27.8. The summed E-state index contributed by atoms with van der Waals surface area (Å²) in [6, 6.07) is 0. The molecule has 0 aromatic rings. The molecule has 22 heavy (non-hydrogen) atoms. The van der Waals surface area contributed by atoms with Crippen LogP contribution in [0.5, 0.6) is 0 Å². The van der Waals surface area contributed by atoms with Gasteiger partial charge in [-0.15, -0.1) is 0 Å². The molecule has 0 radical (unpaired) electrons. The SMILES string of the molecule is CON(C)C(=O)C(C)C[C@H](CCC=O)O[Si](C)(C)C(C)(C)C. The summed E-state index contributed by atoms with van der Waals surface area (Å²) in [5.41, 5.74) is 0. The van der Waals surface area contributed by atoms with Crippen molar-refractivity contribution in [1.82, 2.24) is 5.06 Å². The van der Waals surface area contributed by atoms with Gasteiger partial charge < -0.3 is 9.22 Å². The van der Waals surface area contributed by atoms with Gasteiger partial charge in [-0.1, -0.05) is 27.7 Å². The van der Waals surface area contributed by atoms with Gasteiger partial charge in [0.05, 0.1) is 7.11 Å². The third-order valence-electron chi connectivity index (χ3n) is 4.50. The number of carbonyl (C=O) groups is 2. The van der Waals surface area contributed by atoms with Gasteiger partial charge in [-0.25, -0.2) is 5.06 Å². The Morgan fingerprint density at radius 3 is 2.27 bits per heavy atom. The van der Waals surface area contributed by atoms with Gasteiger partial charge in [0.2, 0.25) is 5.91 Å². The molecule has 0 saturated heterocycles. The van der Waals surface area contributed by atoms with Crippen LogP contribution in [0.25, 0.3) is 0 Å². The monoisotopic (exact) mass is 331 g/mol. The Balaban J connectivity index is 4.92. The number of hydrogen-bond donors (Lipinski definition) is 0. The van der Waals surface area contributed by atoms with Crippen LogP contribution in [0.1, 0.15) is 47.0 Å². The summed E-state index contributed by atoms with van der Waals surface area (Å²) >= 11 is 0. The van der Waals surface area contributed by atoms with E-state index in [0.29, 0.717) is 19.3 Å². The topological polar surface area (TPSA) is 55.8 Å². The molecule has 1 amide bonds. The Bertz CT molecular complexity index is 366. The lowest BCUT2D eigenvalue weighted by atomic mass is 10.00. The summed E-state index contributed by atoms with van der Waals surface area (Å²) in [5, 5.41) is 1.34. The first-order valence-electron chi connectivity index (χ1n) is 7.89. The van der Waals surface area contributed by atoms with Crippen LogP contribution in [-0.4, -0.2) is 45.8 Å². The van der Waals surface area contributed by atoms with E-state index >= 15 is 0 Å². The molecule has 2 atom stereocenters. The summed E-state index contributed by atoms with van der Waals surface area (Å²) < 4.78 is 6.41. The third-order valence-corrected chi connectivity index (χ3v) is 9.03. The average molecular weight is 332 g/mol. The Labute approximate surface area is 136 Å². The van der Waals surface area contributed by atoms with Crippen LogP contribution in [0.2, 0.25) is 18.1 Å². The predicted molar refractivity (Wildman–Crippen MR) is 90.9 cm³/mol. The van der Waals surface area contributed by atoms with Gasteiger partial charge in [-0.2, -0.15) is 0 Å². The van der Waals surface area contributed by atoms with Crippen LogP contribution in [0.3, 0.4) is 0 Å². The van der Waals surface area contributed by atoms with Crippen molar-refractivity contribution in [2.45, 2.75) is 71.2 Å². The molecule has 130 valence electrons. The Morgan fingerprint density at radius 1 is 1.32 bits per heavy atom. The molecular weight excluding hydrogens is 298 g/mol. The molecule has 6 heteroatoms. The number of aldehydes is 1. The smallest absolute Gasteiger partial charge is 0.248 e. The molecule has 5 nitrogen and oxygen atoms in total. The van der Waals surface area contributed by atoms with Gasteiger partial charge in [0.25, 0.3) is 0 Å². The standard InChI is InChI=1S/C16H33NO4Si/c1-13(15(19)17(5)20-6)12-14(10-9-11-18)21-22(7,8)16(2,3)4/h11,13-14H,9-10,12H2,1-8H3/t13?,14-/m0/s1. The van der Waals surface area contributed by atoms with Crippen molar-refractivity contribution >= 4 is 20.5 Å². The van der Waals surface area contributed by atoms with E-state index in [1.807, 2.05) is 6.92 Å². The quantitative estimate of drug-likeness (QED) is 0.369. The second-order valence-electron chi connectivity index (χ2n) is 7.40. The molecular formula is C16H33NO4Si. The van der Waals surface area contributed by atoms with E-state index < -0.39 is 8.32 Å². The highest BCUT2D eigenvalue weighted by Gasteiger charge is 2.39. The minimum atomic E-state index is -1.93. The molecule has 0 heterocycles. The molecule has 0 aromatic carbocycles. The molecule has 0 aromatic heterocycles. The van der Waals surface area contributed by atoms with Crippen molar-refractivity contribution in [2.75, 3.05) is 14.2 Å². The number of hydroxylamine groups is 2. The number of amides is 1. The highest BCUT2D eigenvalue weighted by atomic mass is 28.4. The minimum absolute atomic E-state index is 0.0718. The highest BCUT2D eigenvalue weighted by molar-refractivity contribution is 6.74. The lowest BCUT2D eigenvalue weighted by Gasteiger charge is -2.40. The van der Waals surface area contributed by atoms with Gasteiger partial charge in [0.1, 0.15) is 6.29 Å². The van der Waals surface area contributed by atoms with Crippen molar-refractivity contribution in [1.29, 1.82) is 0 Å².